The number of carboxylic acids is 1. The maximum Gasteiger partial charge on any atom is 0.325 e. The lowest BCUT2D eigenvalue weighted by Gasteiger charge is -2.25. The summed E-state index contributed by atoms with van der Waals surface area (Å²) in [4.78, 5) is 21.8. The number of carbonyl (C=O) groups excluding carboxylic acids is 1. The first kappa shape index (κ1) is 13.3. The van der Waals surface area contributed by atoms with E-state index in [0.717, 1.165) is 19.1 Å². The number of allylic oxidation sites excluding steroid dienone is 3. The second-order valence-electron chi connectivity index (χ2n) is 3.57. The van der Waals surface area contributed by atoms with E-state index in [9.17, 15) is 22.8 Å². The van der Waals surface area contributed by atoms with E-state index in [-0.39, 0.29) is 0 Å². The van der Waals surface area contributed by atoms with E-state index in [0.29, 0.717) is 6.08 Å². The molecule has 17 heavy (non-hydrogen) atoms. The molecule has 0 bridgehead atoms. The van der Waals surface area contributed by atoms with Crippen molar-refractivity contribution >= 4 is 11.9 Å². The summed E-state index contributed by atoms with van der Waals surface area (Å²) in [6.45, 7) is 1.12. The number of hydrogen-bond acceptors (Lipinski definition) is 2. The third kappa shape index (κ3) is 2.66. The van der Waals surface area contributed by atoms with Crippen molar-refractivity contribution in [3.63, 3.8) is 0 Å². The van der Waals surface area contributed by atoms with Gasteiger partial charge in [-0.3, -0.25) is 9.59 Å². The van der Waals surface area contributed by atoms with Gasteiger partial charge in [-0.05, 0) is 13.0 Å². The summed E-state index contributed by atoms with van der Waals surface area (Å²) in [5.41, 5.74) is 0. The molecule has 7 heteroatoms. The standard InChI is InChI=1S/C10H10F3NO3/c1-5(9(16)17)14-8(15)6-3-2-4-7(11)10(6,12)13/h2-6H,1H3,(H,14,15)(H,16,17)/t5-,6?/m0/s1. The molecule has 0 spiro atoms. The van der Waals surface area contributed by atoms with Crippen molar-refractivity contribution in [2.45, 2.75) is 18.9 Å². The van der Waals surface area contributed by atoms with Crippen molar-refractivity contribution in [2.75, 3.05) is 0 Å². The van der Waals surface area contributed by atoms with E-state index in [2.05, 4.69) is 0 Å². The third-order valence-corrected chi connectivity index (χ3v) is 2.27. The van der Waals surface area contributed by atoms with Crippen molar-refractivity contribution < 1.29 is 27.9 Å². The Labute approximate surface area is 94.8 Å². The molecule has 0 saturated heterocycles. The van der Waals surface area contributed by atoms with Crippen LogP contribution >= 0.6 is 0 Å². The van der Waals surface area contributed by atoms with Crippen LogP contribution in [-0.4, -0.2) is 28.9 Å². The topological polar surface area (TPSA) is 66.4 Å². The van der Waals surface area contributed by atoms with Gasteiger partial charge in [-0.25, -0.2) is 4.39 Å². The highest BCUT2D eigenvalue weighted by molar-refractivity contribution is 5.87. The van der Waals surface area contributed by atoms with Crippen molar-refractivity contribution in [2.24, 2.45) is 5.92 Å². The van der Waals surface area contributed by atoms with Crippen molar-refractivity contribution in [1.29, 1.82) is 0 Å². The Morgan fingerprint density at radius 1 is 1.53 bits per heavy atom. The lowest BCUT2D eigenvalue weighted by molar-refractivity contribution is -0.144. The highest BCUT2D eigenvalue weighted by Crippen LogP contribution is 2.37. The molecule has 4 nitrogen and oxygen atoms in total. The van der Waals surface area contributed by atoms with E-state index in [1.54, 1.807) is 0 Å². The molecule has 0 aromatic rings. The molecular formula is C10H10F3NO3. The van der Waals surface area contributed by atoms with Crippen LogP contribution in [0, 0.1) is 5.92 Å². The molecule has 0 aromatic carbocycles. The first-order valence-corrected chi connectivity index (χ1v) is 4.72. The van der Waals surface area contributed by atoms with Crippen LogP contribution < -0.4 is 5.32 Å². The van der Waals surface area contributed by atoms with Crippen LogP contribution in [0.25, 0.3) is 0 Å². The predicted molar refractivity (Wildman–Crippen MR) is 52.0 cm³/mol. The van der Waals surface area contributed by atoms with Crippen LogP contribution in [0.4, 0.5) is 13.2 Å². The Balaban J connectivity index is 2.81. The minimum Gasteiger partial charge on any atom is -0.480 e. The van der Waals surface area contributed by atoms with Gasteiger partial charge in [0.25, 0.3) is 0 Å². The van der Waals surface area contributed by atoms with Gasteiger partial charge < -0.3 is 10.4 Å². The predicted octanol–water partition coefficient (Wildman–Crippen LogP) is 1.25. The van der Waals surface area contributed by atoms with Gasteiger partial charge in [-0.2, -0.15) is 8.78 Å². The van der Waals surface area contributed by atoms with Gasteiger partial charge in [0.15, 0.2) is 5.83 Å². The fourth-order valence-electron chi connectivity index (χ4n) is 1.25. The molecule has 0 heterocycles. The highest BCUT2D eigenvalue weighted by Gasteiger charge is 2.48. The number of halogens is 3. The Morgan fingerprint density at radius 2 is 2.12 bits per heavy atom. The minimum absolute atomic E-state index is 0.560. The van der Waals surface area contributed by atoms with Gasteiger partial charge in [-0.1, -0.05) is 12.2 Å². The van der Waals surface area contributed by atoms with E-state index in [4.69, 9.17) is 5.11 Å². The average molecular weight is 249 g/mol. The quantitative estimate of drug-likeness (QED) is 0.791. The number of nitrogens with one attached hydrogen (secondary N) is 1. The number of carboxylic acid groups (broad SMARTS) is 1. The smallest absolute Gasteiger partial charge is 0.325 e. The van der Waals surface area contributed by atoms with Gasteiger partial charge >= 0.3 is 11.9 Å². The maximum absolute atomic E-state index is 13.3. The monoisotopic (exact) mass is 249 g/mol. The molecule has 0 fully saturated rings. The molecule has 94 valence electrons. The van der Waals surface area contributed by atoms with Crippen LogP contribution in [0.15, 0.2) is 24.1 Å². The van der Waals surface area contributed by atoms with Crippen LogP contribution in [0.1, 0.15) is 6.92 Å². The molecule has 1 aliphatic carbocycles. The molecule has 1 unspecified atom stereocenters. The zero-order valence-electron chi connectivity index (χ0n) is 8.78. The van der Waals surface area contributed by atoms with Gasteiger partial charge in [0, 0.05) is 0 Å². The molecule has 0 aromatic heterocycles. The first-order chi connectivity index (χ1) is 7.76. The van der Waals surface area contributed by atoms with E-state index in [1.807, 2.05) is 5.32 Å². The third-order valence-electron chi connectivity index (χ3n) is 2.27. The number of alkyl halides is 2. The Morgan fingerprint density at radius 3 is 2.65 bits per heavy atom. The van der Waals surface area contributed by atoms with Gasteiger partial charge in [-0.15, -0.1) is 0 Å². The maximum atomic E-state index is 13.3. The van der Waals surface area contributed by atoms with E-state index in [1.165, 1.54) is 0 Å². The second kappa shape index (κ2) is 4.60. The molecule has 2 N–H and O–H groups in total. The second-order valence-corrected chi connectivity index (χ2v) is 3.57. The Hall–Kier alpha value is -1.79. The number of rotatable bonds is 3. The average Bonchev–Trinajstić information content (AvgIpc) is 2.21. The SMILES string of the molecule is C[C@H](NC(=O)C1C=CC=C(F)C1(F)F)C(=O)O. The fourth-order valence-corrected chi connectivity index (χ4v) is 1.25. The summed E-state index contributed by atoms with van der Waals surface area (Å²) in [7, 11) is 0. The lowest BCUT2D eigenvalue weighted by atomic mass is 9.94. The molecule has 1 rings (SSSR count). The van der Waals surface area contributed by atoms with Crippen LogP contribution in [-0.2, 0) is 9.59 Å². The normalized spacial score (nSPS) is 23.8. The van der Waals surface area contributed by atoms with Crippen molar-refractivity contribution in [3.05, 3.63) is 24.1 Å². The summed E-state index contributed by atoms with van der Waals surface area (Å²) < 4.78 is 39.4. The molecule has 0 radical (unpaired) electrons. The van der Waals surface area contributed by atoms with Crippen LogP contribution in [0.2, 0.25) is 0 Å². The summed E-state index contributed by atoms with van der Waals surface area (Å²) >= 11 is 0. The molecule has 1 aliphatic rings. The Kier molecular flexibility index (Phi) is 3.59. The highest BCUT2D eigenvalue weighted by atomic mass is 19.3. The molecule has 2 atom stereocenters. The van der Waals surface area contributed by atoms with E-state index < -0.39 is 35.6 Å². The molecule has 0 saturated carbocycles. The zero-order chi connectivity index (χ0) is 13.2. The van der Waals surface area contributed by atoms with Crippen LogP contribution in [0.3, 0.4) is 0 Å². The van der Waals surface area contributed by atoms with Crippen LogP contribution in [0.5, 0.6) is 0 Å². The van der Waals surface area contributed by atoms with Gasteiger partial charge in [0.2, 0.25) is 5.91 Å². The fraction of sp³-hybridized carbons (Fsp3) is 0.400. The molecule has 0 aliphatic heterocycles. The van der Waals surface area contributed by atoms with Crippen molar-refractivity contribution in [3.8, 4) is 0 Å². The largest absolute Gasteiger partial charge is 0.480 e. The first-order valence-electron chi connectivity index (χ1n) is 4.72. The molecular weight excluding hydrogens is 239 g/mol. The lowest BCUT2D eigenvalue weighted by Crippen LogP contribution is -2.47. The number of hydrogen-bond donors (Lipinski definition) is 2. The number of aliphatic carboxylic acids is 1. The summed E-state index contributed by atoms with van der Waals surface area (Å²) in [5.74, 6) is -10.3. The minimum atomic E-state index is -3.95. The molecule has 1 amide bonds. The van der Waals surface area contributed by atoms with Gasteiger partial charge in [0.1, 0.15) is 12.0 Å². The summed E-state index contributed by atoms with van der Waals surface area (Å²) in [6.07, 6.45) is 2.37. The van der Waals surface area contributed by atoms with Crippen molar-refractivity contribution in [1.82, 2.24) is 5.32 Å². The Bertz CT molecular complexity index is 404. The zero-order valence-corrected chi connectivity index (χ0v) is 8.78. The van der Waals surface area contributed by atoms with Gasteiger partial charge in [0.05, 0.1) is 0 Å². The number of amides is 1. The number of carbonyl (C=O) groups is 2. The van der Waals surface area contributed by atoms with E-state index >= 15 is 0 Å². The summed E-state index contributed by atoms with van der Waals surface area (Å²) in [5, 5.41) is 10.4. The summed E-state index contributed by atoms with van der Waals surface area (Å²) in [6, 6.07) is -1.32.